The normalized spacial score (nSPS) is 10.9. The van der Waals surface area contributed by atoms with Crippen molar-refractivity contribution in [1.29, 1.82) is 0 Å². The Kier molecular flexibility index (Phi) is 8.66. The minimum Gasteiger partial charge on any atom is -0.0622 e. The molecule has 0 heterocycles. The highest BCUT2D eigenvalue weighted by Gasteiger charge is 2.05. The zero-order valence-corrected chi connectivity index (χ0v) is 15.4. The third-order valence-electron chi connectivity index (χ3n) is 4.80. The molecule has 1 radical (unpaired) electrons. The molecule has 0 aliphatic rings. The highest BCUT2D eigenvalue weighted by molar-refractivity contribution is 5.68. The summed E-state index contributed by atoms with van der Waals surface area (Å²) in [7, 11) is 0. The van der Waals surface area contributed by atoms with E-state index < -0.39 is 0 Å². The molecule has 0 unspecified atom stereocenters. The molecule has 129 valence electrons. The standard InChI is InChI=1S/C24H33/c1-3-4-5-6-7-8-9-10-12-17-23-19-18-21(2)20-24(23)22-15-13-11-14-16-22/h11,13-16,18-20H,1,3-10,12,17H2,2H3. The van der Waals surface area contributed by atoms with Crippen molar-refractivity contribution < 1.29 is 0 Å². The Morgan fingerprint density at radius 2 is 1.33 bits per heavy atom. The molecule has 0 atom stereocenters. The minimum atomic E-state index is 1.10. The van der Waals surface area contributed by atoms with Crippen LogP contribution in [-0.2, 0) is 6.42 Å². The van der Waals surface area contributed by atoms with Gasteiger partial charge in [-0.25, -0.2) is 0 Å². The van der Waals surface area contributed by atoms with E-state index in [4.69, 9.17) is 0 Å². The summed E-state index contributed by atoms with van der Waals surface area (Å²) < 4.78 is 0. The van der Waals surface area contributed by atoms with E-state index in [1.807, 2.05) is 0 Å². The van der Waals surface area contributed by atoms with Crippen molar-refractivity contribution in [2.45, 2.75) is 71.1 Å². The van der Waals surface area contributed by atoms with E-state index in [1.54, 1.807) is 0 Å². The Morgan fingerprint density at radius 1 is 0.708 bits per heavy atom. The van der Waals surface area contributed by atoms with Gasteiger partial charge >= 0.3 is 0 Å². The Bertz CT molecular complexity index is 568. The SMILES string of the molecule is [CH2]CCCCCCCCCCc1ccc(C)cc1-c1ccccc1. The number of unbranched alkanes of at least 4 members (excludes halogenated alkanes) is 8. The predicted molar refractivity (Wildman–Crippen MR) is 107 cm³/mol. The molecule has 0 amide bonds. The number of hydrogen-bond donors (Lipinski definition) is 0. The topological polar surface area (TPSA) is 0 Å². The Morgan fingerprint density at radius 3 is 2.00 bits per heavy atom. The van der Waals surface area contributed by atoms with Crippen molar-refractivity contribution in [3.05, 3.63) is 66.6 Å². The van der Waals surface area contributed by atoms with Crippen LogP contribution in [0.2, 0.25) is 0 Å². The molecule has 0 heteroatoms. The van der Waals surface area contributed by atoms with Gasteiger partial charge in [-0.15, -0.1) is 0 Å². The largest absolute Gasteiger partial charge is 0.0622 e. The minimum absolute atomic E-state index is 1.10. The average molecular weight is 322 g/mol. The van der Waals surface area contributed by atoms with Crippen molar-refractivity contribution in [3.8, 4) is 11.1 Å². The van der Waals surface area contributed by atoms with Crippen LogP contribution < -0.4 is 0 Å². The van der Waals surface area contributed by atoms with E-state index in [2.05, 4.69) is 62.4 Å². The molecule has 0 nitrogen and oxygen atoms in total. The lowest BCUT2D eigenvalue weighted by Gasteiger charge is -2.11. The van der Waals surface area contributed by atoms with Gasteiger partial charge in [-0.2, -0.15) is 0 Å². The monoisotopic (exact) mass is 321 g/mol. The van der Waals surface area contributed by atoms with Gasteiger partial charge in [0.1, 0.15) is 0 Å². The molecular formula is C24H33. The molecule has 0 aromatic heterocycles. The van der Waals surface area contributed by atoms with Gasteiger partial charge < -0.3 is 0 Å². The maximum Gasteiger partial charge on any atom is -0.0149 e. The van der Waals surface area contributed by atoms with Crippen LogP contribution >= 0.6 is 0 Å². The maximum absolute atomic E-state index is 3.91. The summed E-state index contributed by atoms with van der Waals surface area (Å²) in [5.74, 6) is 0. The van der Waals surface area contributed by atoms with E-state index in [9.17, 15) is 0 Å². The molecule has 0 N–H and O–H groups in total. The van der Waals surface area contributed by atoms with Crippen LogP contribution in [0.3, 0.4) is 0 Å². The lowest BCUT2D eigenvalue weighted by molar-refractivity contribution is 0.569. The molecule has 0 aliphatic heterocycles. The Labute approximate surface area is 149 Å². The van der Waals surface area contributed by atoms with Gasteiger partial charge in [0.05, 0.1) is 0 Å². The summed E-state index contributed by atoms with van der Waals surface area (Å²) >= 11 is 0. The van der Waals surface area contributed by atoms with Crippen molar-refractivity contribution in [1.82, 2.24) is 0 Å². The van der Waals surface area contributed by atoms with Crippen molar-refractivity contribution in [3.63, 3.8) is 0 Å². The molecule has 0 spiro atoms. The fourth-order valence-electron chi connectivity index (χ4n) is 3.35. The fraction of sp³-hybridized carbons (Fsp3) is 0.458. The van der Waals surface area contributed by atoms with E-state index in [-0.39, 0.29) is 0 Å². The van der Waals surface area contributed by atoms with Gasteiger partial charge in [0.25, 0.3) is 0 Å². The first-order chi connectivity index (χ1) is 11.8. The summed E-state index contributed by atoms with van der Waals surface area (Å²) in [6.07, 6.45) is 13.2. The second-order valence-corrected chi connectivity index (χ2v) is 6.96. The van der Waals surface area contributed by atoms with Gasteiger partial charge in [-0.3, -0.25) is 0 Å². The smallest absolute Gasteiger partial charge is 0.0149 e. The lowest BCUT2D eigenvalue weighted by Crippen LogP contribution is -1.92. The maximum atomic E-state index is 3.91. The number of hydrogen-bond acceptors (Lipinski definition) is 0. The first-order valence-corrected chi connectivity index (χ1v) is 9.75. The Hall–Kier alpha value is -1.56. The molecule has 24 heavy (non-hydrogen) atoms. The van der Waals surface area contributed by atoms with Gasteiger partial charge in [0.2, 0.25) is 0 Å². The number of aryl methyl sites for hydroxylation is 2. The number of rotatable bonds is 11. The van der Waals surface area contributed by atoms with Crippen molar-refractivity contribution in [2.24, 2.45) is 0 Å². The molecule has 0 fully saturated rings. The average Bonchev–Trinajstić information content (AvgIpc) is 2.62. The highest BCUT2D eigenvalue weighted by atomic mass is 14.1. The summed E-state index contributed by atoms with van der Waals surface area (Å²) in [6, 6.07) is 17.7. The van der Waals surface area contributed by atoms with Crippen LogP contribution in [0.25, 0.3) is 11.1 Å². The van der Waals surface area contributed by atoms with Crippen molar-refractivity contribution in [2.75, 3.05) is 0 Å². The van der Waals surface area contributed by atoms with Crippen LogP contribution in [0.1, 0.15) is 68.9 Å². The summed E-state index contributed by atoms with van der Waals surface area (Å²) in [6.45, 7) is 6.09. The molecule has 2 aromatic carbocycles. The highest BCUT2D eigenvalue weighted by Crippen LogP contribution is 2.26. The predicted octanol–water partition coefficient (Wildman–Crippen LogP) is 7.55. The lowest BCUT2D eigenvalue weighted by atomic mass is 9.94. The van der Waals surface area contributed by atoms with Crippen molar-refractivity contribution >= 4 is 0 Å². The summed E-state index contributed by atoms with van der Waals surface area (Å²) in [5, 5.41) is 0. The fourth-order valence-corrected chi connectivity index (χ4v) is 3.35. The van der Waals surface area contributed by atoms with Gasteiger partial charge in [-0.1, -0.05) is 112 Å². The van der Waals surface area contributed by atoms with Crippen LogP contribution in [0.4, 0.5) is 0 Å². The van der Waals surface area contributed by atoms with Gasteiger partial charge in [0, 0.05) is 0 Å². The Balaban J connectivity index is 1.77. The second-order valence-electron chi connectivity index (χ2n) is 6.96. The second kappa shape index (κ2) is 11.1. The van der Waals surface area contributed by atoms with Gasteiger partial charge in [0.15, 0.2) is 0 Å². The summed E-state index contributed by atoms with van der Waals surface area (Å²) in [4.78, 5) is 0. The van der Waals surface area contributed by atoms with Gasteiger partial charge in [-0.05, 0) is 36.5 Å². The zero-order chi connectivity index (χ0) is 17.0. The third-order valence-corrected chi connectivity index (χ3v) is 4.80. The number of benzene rings is 2. The first-order valence-electron chi connectivity index (χ1n) is 9.75. The molecule has 0 bridgehead atoms. The van der Waals surface area contributed by atoms with Crippen LogP contribution in [0.15, 0.2) is 48.5 Å². The molecule has 2 aromatic rings. The molecular weight excluding hydrogens is 288 g/mol. The van der Waals surface area contributed by atoms with E-state index in [0.29, 0.717) is 0 Å². The van der Waals surface area contributed by atoms with E-state index in [1.165, 1.54) is 80.0 Å². The molecule has 0 saturated heterocycles. The van der Waals surface area contributed by atoms with Crippen LogP contribution in [0, 0.1) is 13.8 Å². The first kappa shape index (κ1) is 18.8. The van der Waals surface area contributed by atoms with Crippen LogP contribution in [-0.4, -0.2) is 0 Å². The quantitative estimate of drug-likeness (QED) is 0.375. The molecule has 0 saturated carbocycles. The van der Waals surface area contributed by atoms with Crippen LogP contribution in [0.5, 0.6) is 0 Å². The third kappa shape index (κ3) is 6.51. The van der Waals surface area contributed by atoms with E-state index >= 15 is 0 Å². The molecule has 0 aliphatic carbocycles. The molecule has 2 rings (SSSR count). The van der Waals surface area contributed by atoms with E-state index in [0.717, 1.165) is 6.42 Å². The zero-order valence-electron chi connectivity index (χ0n) is 15.4. The summed E-state index contributed by atoms with van der Waals surface area (Å²) in [5.41, 5.74) is 5.62.